The molecule has 0 saturated carbocycles. The Balaban J connectivity index is 1.57. The number of rotatable bonds is 6. The number of nitrogens with one attached hydrogen (secondary N) is 2. The molecule has 1 amide bonds. The van der Waals surface area contributed by atoms with Gasteiger partial charge in [0.15, 0.2) is 0 Å². The van der Waals surface area contributed by atoms with Crippen molar-refractivity contribution >= 4 is 29.1 Å². The van der Waals surface area contributed by atoms with Crippen LogP contribution in [0.25, 0.3) is 0 Å². The molecule has 1 aromatic heterocycles. The second kappa shape index (κ2) is 8.64. The van der Waals surface area contributed by atoms with Crippen LogP contribution in [0.4, 0.5) is 11.6 Å². The van der Waals surface area contributed by atoms with E-state index in [1.807, 2.05) is 24.3 Å². The standard InChI is InChI=1S/C21H21ClN4O/c1-14(2)16-5-9-19(10-6-16)26-21-24-12-17(13-25-21)20(27)23-11-15-3-7-18(22)8-4-15/h3-10,12-14H,11H2,1-2H3,(H,23,27)(H,24,25,26). The van der Waals surface area contributed by atoms with Crippen LogP contribution in [0.3, 0.4) is 0 Å². The molecule has 2 N–H and O–H groups in total. The molecule has 0 fully saturated rings. The van der Waals surface area contributed by atoms with Gasteiger partial charge in [0.05, 0.1) is 5.56 Å². The summed E-state index contributed by atoms with van der Waals surface area (Å²) < 4.78 is 0. The zero-order valence-corrected chi connectivity index (χ0v) is 16.0. The van der Waals surface area contributed by atoms with E-state index < -0.39 is 0 Å². The Morgan fingerprint density at radius 2 is 1.63 bits per heavy atom. The molecule has 5 nitrogen and oxygen atoms in total. The summed E-state index contributed by atoms with van der Waals surface area (Å²) >= 11 is 5.85. The van der Waals surface area contributed by atoms with E-state index in [4.69, 9.17) is 11.6 Å². The molecular formula is C21H21ClN4O. The molecule has 0 saturated heterocycles. The van der Waals surface area contributed by atoms with Gasteiger partial charge in [-0.3, -0.25) is 4.79 Å². The number of carbonyl (C=O) groups is 1. The van der Waals surface area contributed by atoms with Crippen LogP contribution in [0.15, 0.2) is 60.9 Å². The Hall–Kier alpha value is -2.92. The van der Waals surface area contributed by atoms with Crippen LogP contribution >= 0.6 is 11.6 Å². The molecule has 0 radical (unpaired) electrons. The van der Waals surface area contributed by atoms with Gasteiger partial charge in [0.1, 0.15) is 0 Å². The number of amides is 1. The monoisotopic (exact) mass is 380 g/mol. The van der Waals surface area contributed by atoms with Crippen molar-refractivity contribution in [2.45, 2.75) is 26.3 Å². The summed E-state index contributed by atoms with van der Waals surface area (Å²) in [5.74, 6) is 0.709. The van der Waals surface area contributed by atoms with Gasteiger partial charge in [0, 0.05) is 29.6 Å². The van der Waals surface area contributed by atoms with Crippen molar-refractivity contribution in [3.8, 4) is 0 Å². The minimum atomic E-state index is -0.224. The van der Waals surface area contributed by atoms with Gasteiger partial charge in [-0.05, 0) is 41.3 Å². The maximum absolute atomic E-state index is 12.2. The number of nitrogens with zero attached hydrogens (tertiary/aromatic N) is 2. The third kappa shape index (κ3) is 5.28. The first-order valence-electron chi connectivity index (χ1n) is 8.73. The van der Waals surface area contributed by atoms with E-state index in [9.17, 15) is 4.79 Å². The lowest BCUT2D eigenvalue weighted by Crippen LogP contribution is -2.23. The first kappa shape index (κ1) is 18.9. The highest BCUT2D eigenvalue weighted by atomic mass is 35.5. The minimum absolute atomic E-state index is 0.224. The molecule has 0 aliphatic carbocycles. The molecule has 0 bridgehead atoms. The molecule has 138 valence electrons. The fraction of sp³-hybridized carbons (Fsp3) is 0.190. The number of halogens is 1. The van der Waals surface area contributed by atoms with E-state index in [0.29, 0.717) is 29.0 Å². The average Bonchev–Trinajstić information content (AvgIpc) is 2.68. The lowest BCUT2D eigenvalue weighted by Gasteiger charge is -2.09. The van der Waals surface area contributed by atoms with Gasteiger partial charge in [-0.15, -0.1) is 0 Å². The molecule has 6 heteroatoms. The molecular weight excluding hydrogens is 360 g/mol. The zero-order valence-electron chi connectivity index (χ0n) is 15.2. The van der Waals surface area contributed by atoms with Crippen molar-refractivity contribution in [3.63, 3.8) is 0 Å². The highest BCUT2D eigenvalue weighted by molar-refractivity contribution is 6.30. The SMILES string of the molecule is CC(C)c1ccc(Nc2ncc(C(=O)NCc3ccc(Cl)cc3)cn2)cc1. The van der Waals surface area contributed by atoms with E-state index in [1.54, 1.807) is 12.1 Å². The van der Waals surface area contributed by atoms with Crippen LogP contribution in [-0.2, 0) is 6.54 Å². The fourth-order valence-corrected chi connectivity index (χ4v) is 2.60. The van der Waals surface area contributed by atoms with Crippen molar-refractivity contribution in [1.82, 2.24) is 15.3 Å². The summed E-state index contributed by atoms with van der Waals surface area (Å²) in [5.41, 5.74) is 3.55. The zero-order chi connectivity index (χ0) is 19.2. The van der Waals surface area contributed by atoms with E-state index in [-0.39, 0.29) is 5.91 Å². The maximum atomic E-state index is 12.2. The maximum Gasteiger partial charge on any atom is 0.254 e. The smallest absolute Gasteiger partial charge is 0.254 e. The van der Waals surface area contributed by atoms with Crippen LogP contribution < -0.4 is 10.6 Å². The number of anilines is 2. The van der Waals surface area contributed by atoms with E-state index in [2.05, 4.69) is 46.6 Å². The predicted octanol–water partition coefficient (Wildman–Crippen LogP) is 4.93. The number of aromatic nitrogens is 2. The van der Waals surface area contributed by atoms with Crippen LogP contribution in [0.2, 0.25) is 5.02 Å². The van der Waals surface area contributed by atoms with Gasteiger partial charge in [0.25, 0.3) is 5.91 Å². The average molecular weight is 381 g/mol. The Morgan fingerprint density at radius 1 is 1.00 bits per heavy atom. The molecule has 0 aliphatic heterocycles. The number of hydrogen-bond donors (Lipinski definition) is 2. The summed E-state index contributed by atoms with van der Waals surface area (Å²) in [6.45, 7) is 4.72. The second-order valence-corrected chi connectivity index (χ2v) is 6.94. The summed E-state index contributed by atoms with van der Waals surface area (Å²) in [7, 11) is 0. The summed E-state index contributed by atoms with van der Waals surface area (Å²) in [6, 6.07) is 15.5. The van der Waals surface area contributed by atoms with Crippen LogP contribution in [0, 0.1) is 0 Å². The second-order valence-electron chi connectivity index (χ2n) is 6.51. The molecule has 3 rings (SSSR count). The van der Waals surface area contributed by atoms with Gasteiger partial charge in [0.2, 0.25) is 5.95 Å². The number of benzene rings is 2. The van der Waals surface area contributed by atoms with Crippen molar-refractivity contribution in [2.24, 2.45) is 0 Å². The van der Waals surface area contributed by atoms with Gasteiger partial charge in [-0.2, -0.15) is 0 Å². The van der Waals surface area contributed by atoms with Crippen LogP contribution in [0.1, 0.15) is 41.3 Å². The quantitative estimate of drug-likeness (QED) is 0.636. The first-order valence-corrected chi connectivity index (χ1v) is 9.11. The molecule has 2 aromatic carbocycles. The molecule has 0 spiro atoms. The van der Waals surface area contributed by atoms with Crippen molar-refractivity contribution in [3.05, 3.63) is 82.6 Å². The topological polar surface area (TPSA) is 66.9 Å². The Labute approximate surface area is 163 Å². The van der Waals surface area contributed by atoms with Crippen LogP contribution in [-0.4, -0.2) is 15.9 Å². The van der Waals surface area contributed by atoms with Gasteiger partial charge >= 0.3 is 0 Å². The Kier molecular flexibility index (Phi) is 6.04. The first-order chi connectivity index (χ1) is 13.0. The van der Waals surface area contributed by atoms with E-state index in [0.717, 1.165) is 11.3 Å². The summed E-state index contributed by atoms with van der Waals surface area (Å²) in [6.07, 6.45) is 3.02. The van der Waals surface area contributed by atoms with E-state index in [1.165, 1.54) is 18.0 Å². The Morgan fingerprint density at radius 3 is 2.22 bits per heavy atom. The molecule has 0 aliphatic rings. The highest BCUT2D eigenvalue weighted by Crippen LogP contribution is 2.19. The lowest BCUT2D eigenvalue weighted by atomic mass is 10.0. The third-order valence-electron chi connectivity index (χ3n) is 4.11. The number of carbonyl (C=O) groups excluding carboxylic acids is 1. The lowest BCUT2D eigenvalue weighted by molar-refractivity contribution is 0.0950. The van der Waals surface area contributed by atoms with E-state index >= 15 is 0 Å². The van der Waals surface area contributed by atoms with Crippen molar-refractivity contribution in [1.29, 1.82) is 0 Å². The van der Waals surface area contributed by atoms with Crippen molar-refractivity contribution < 1.29 is 4.79 Å². The molecule has 1 heterocycles. The third-order valence-corrected chi connectivity index (χ3v) is 4.37. The summed E-state index contributed by atoms with van der Waals surface area (Å²) in [5, 5.41) is 6.64. The Bertz CT molecular complexity index is 891. The van der Waals surface area contributed by atoms with Gasteiger partial charge < -0.3 is 10.6 Å². The molecule has 3 aromatic rings. The highest BCUT2D eigenvalue weighted by Gasteiger charge is 2.07. The minimum Gasteiger partial charge on any atom is -0.348 e. The van der Waals surface area contributed by atoms with Gasteiger partial charge in [-0.1, -0.05) is 49.7 Å². The predicted molar refractivity (Wildman–Crippen MR) is 108 cm³/mol. The fourth-order valence-electron chi connectivity index (χ4n) is 2.48. The van der Waals surface area contributed by atoms with Crippen LogP contribution in [0.5, 0.6) is 0 Å². The largest absolute Gasteiger partial charge is 0.348 e. The van der Waals surface area contributed by atoms with Gasteiger partial charge in [-0.25, -0.2) is 9.97 Å². The normalized spacial score (nSPS) is 10.7. The van der Waals surface area contributed by atoms with Crippen molar-refractivity contribution in [2.75, 3.05) is 5.32 Å². The molecule has 27 heavy (non-hydrogen) atoms. The summed E-state index contributed by atoms with van der Waals surface area (Å²) in [4.78, 5) is 20.7. The molecule has 0 atom stereocenters. The molecule has 0 unspecified atom stereocenters. The number of hydrogen-bond acceptors (Lipinski definition) is 4.